The van der Waals surface area contributed by atoms with Crippen molar-refractivity contribution in [1.29, 1.82) is 0 Å². The van der Waals surface area contributed by atoms with Crippen LogP contribution in [0.3, 0.4) is 0 Å². The van der Waals surface area contributed by atoms with Gasteiger partial charge in [0, 0.05) is 19.3 Å². The summed E-state index contributed by atoms with van der Waals surface area (Å²) in [6.07, 6.45) is 10.2. The molecule has 0 aromatic rings. The van der Waals surface area contributed by atoms with Gasteiger partial charge in [-0.25, -0.2) is 0 Å². The van der Waals surface area contributed by atoms with Crippen molar-refractivity contribution in [3.05, 3.63) is 0 Å². The Labute approximate surface area is 82.3 Å². The normalized spacial score (nSPS) is 6.91. The first-order valence-electron chi connectivity index (χ1n) is 3.81. The molecule has 0 aromatic carbocycles. The molecule has 0 aromatic heterocycles. The minimum absolute atomic E-state index is 0. The molecule has 0 spiro atoms. The molecular weight excluding hydrogens is 127 g/mol. The number of hydrogen-bond acceptors (Lipinski definition) is 0. The standard InChI is InChI=1S/C10H14.Li.H/c1-3-5-7-9-10-8-6-4-2;;/h1H,4-8H2,2H3;;. The van der Waals surface area contributed by atoms with Crippen LogP contribution in [0.2, 0.25) is 0 Å². The van der Waals surface area contributed by atoms with E-state index in [0.717, 1.165) is 19.3 Å². The van der Waals surface area contributed by atoms with Crippen LogP contribution in [-0.2, 0) is 0 Å². The molecule has 0 rings (SSSR count). The summed E-state index contributed by atoms with van der Waals surface area (Å²) in [4.78, 5) is 0. The van der Waals surface area contributed by atoms with Crippen molar-refractivity contribution in [3.8, 4) is 24.2 Å². The molecule has 0 atom stereocenters. The summed E-state index contributed by atoms with van der Waals surface area (Å²) in [5.41, 5.74) is 0. The molecule has 0 amide bonds. The molecule has 0 nitrogen and oxygen atoms in total. The van der Waals surface area contributed by atoms with Crippen molar-refractivity contribution >= 4 is 18.9 Å². The maximum atomic E-state index is 5.05. The van der Waals surface area contributed by atoms with Gasteiger partial charge < -0.3 is 0 Å². The number of unbranched alkanes of at least 4 members (excludes halogenated alkanes) is 3. The summed E-state index contributed by atoms with van der Waals surface area (Å²) in [5.74, 6) is 8.66. The van der Waals surface area contributed by atoms with E-state index < -0.39 is 0 Å². The van der Waals surface area contributed by atoms with Crippen LogP contribution >= 0.6 is 0 Å². The third-order valence-corrected chi connectivity index (χ3v) is 1.17. The molecular formula is C10H15Li. The molecule has 0 aliphatic rings. The van der Waals surface area contributed by atoms with Gasteiger partial charge in [-0.3, -0.25) is 0 Å². The zero-order valence-electron chi connectivity index (χ0n) is 6.61. The predicted octanol–water partition coefficient (Wildman–Crippen LogP) is 1.94. The first kappa shape index (κ1) is 13.3. The Kier molecular flexibility index (Phi) is 15.0. The molecule has 0 saturated heterocycles. The monoisotopic (exact) mass is 142 g/mol. The summed E-state index contributed by atoms with van der Waals surface area (Å²) in [5, 5.41) is 0. The molecule has 0 bridgehead atoms. The Morgan fingerprint density at radius 2 is 1.73 bits per heavy atom. The van der Waals surface area contributed by atoms with E-state index in [-0.39, 0.29) is 18.9 Å². The second kappa shape index (κ2) is 12.4. The SMILES string of the molecule is C#CCCC#CCCCC.[LiH]. The van der Waals surface area contributed by atoms with Gasteiger partial charge in [-0.05, 0) is 6.42 Å². The second-order valence-electron chi connectivity index (χ2n) is 2.16. The van der Waals surface area contributed by atoms with E-state index in [1.54, 1.807) is 0 Å². The van der Waals surface area contributed by atoms with Crippen molar-refractivity contribution in [3.63, 3.8) is 0 Å². The Balaban J connectivity index is 0. The molecule has 0 radical (unpaired) electrons. The Hall–Kier alpha value is -0.283. The molecule has 0 N–H and O–H groups in total. The molecule has 11 heavy (non-hydrogen) atoms. The van der Waals surface area contributed by atoms with Crippen LogP contribution in [0.15, 0.2) is 0 Å². The Bertz CT molecular complexity index is 154. The zero-order valence-corrected chi connectivity index (χ0v) is 6.61. The van der Waals surface area contributed by atoms with Crippen molar-refractivity contribution in [1.82, 2.24) is 0 Å². The van der Waals surface area contributed by atoms with E-state index in [2.05, 4.69) is 24.7 Å². The first-order valence-corrected chi connectivity index (χ1v) is 3.81. The van der Waals surface area contributed by atoms with Gasteiger partial charge in [0.1, 0.15) is 0 Å². The van der Waals surface area contributed by atoms with E-state index in [4.69, 9.17) is 6.42 Å². The van der Waals surface area contributed by atoms with E-state index in [1.807, 2.05) is 0 Å². The quantitative estimate of drug-likeness (QED) is 0.321. The van der Waals surface area contributed by atoms with E-state index in [0.29, 0.717) is 0 Å². The molecule has 1 heteroatoms. The third-order valence-electron chi connectivity index (χ3n) is 1.17. The fraction of sp³-hybridized carbons (Fsp3) is 0.600. The minimum atomic E-state index is 0. The Morgan fingerprint density at radius 3 is 2.27 bits per heavy atom. The van der Waals surface area contributed by atoms with Crippen LogP contribution in [0.1, 0.15) is 39.0 Å². The predicted molar refractivity (Wildman–Crippen MR) is 52.5 cm³/mol. The molecule has 0 unspecified atom stereocenters. The summed E-state index contributed by atoms with van der Waals surface area (Å²) in [7, 11) is 0. The summed E-state index contributed by atoms with van der Waals surface area (Å²) < 4.78 is 0. The molecule has 56 valence electrons. The second-order valence-corrected chi connectivity index (χ2v) is 2.16. The molecule has 0 saturated carbocycles. The van der Waals surface area contributed by atoms with Gasteiger partial charge in [0.2, 0.25) is 0 Å². The zero-order chi connectivity index (χ0) is 7.66. The van der Waals surface area contributed by atoms with Crippen LogP contribution < -0.4 is 0 Å². The van der Waals surface area contributed by atoms with E-state index in [1.165, 1.54) is 12.8 Å². The molecule has 0 heterocycles. The average Bonchev–Trinajstić information content (AvgIpc) is 1.97. The van der Waals surface area contributed by atoms with Crippen LogP contribution in [0, 0.1) is 24.2 Å². The summed E-state index contributed by atoms with van der Waals surface area (Å²) in [6.45, 7) is 2.17. The molecule has 0 fully saturated rings. The number of terminal acetylenes is 1. The fourth-order valence-electron chi connectivity index (χ4n) is 0.577. The summed E-state index contributed by atoms with van der Waals surface area (Å²) in [6, 6.07) is 0. The van der Waals surface area contributed by atoms with Gasteiger partial charge in [-0.2, -0.15) is 0 Å². The van der Waals surface area contributed by atoms with Gasteiger partial charge in [0.25, 0.3) is 0 Å². The van der Waals surface area contributed by atoms with Crippen LogP contribution in [0.25, 0.3) is 0 Å². The van der Waals surface area contributed by atoms with Crippen molar-refractivity contribution < 1.29 is 0 Å². The molecule has 0 aliphatic heterocycles. The van der Waals surface area contributed by atoms with Crippen LogP contribution in [0.5, 0.6) is 0 Å². The van der Waals surface area contributed by atoms with E-state index in [9.17, 15) is 0 Å². The topological polar surface area (TPSA) is 0 Å². The maximum absolute atomic E-state index is 5.05. The number of hydrogen-bond donors (Lipinski definition) is 0. The van der Waals surface area contributed by atoms with Crippen molar-refractivity contribution in [2.24, 2.45) is 0 Å². The van der Waals surface area contributed by atoms with Crippen molar-refractivity contribution in [2.45, 2.75) is 39.0 Å². The average molecular weight is 142 g/mol. The van der Waals surface area contributed by atoms with Gasteiger partial charge in [-0.1, -0.05) is 13.3 Å². The van der Waals surface area contributed by atoms with Gasteiger partial charge in [0.05, 0.1) is 0 Å². The van der Waals surface area contributed by atoms with Crippen LogP contribution in [-0.4, -0.2) is 18.9 Å². The Morgan fingerprint density at radius 1 is 1.09 bits per heavy atom. The van der Waals surface area contributed by atoms with Gasteiger partial charge in [-0.15, -0.1) is 24.2 Å². The number of rotatable bonds is 3. The van der Waals surface area contributed by atoms with E-state index >= 15 is 0 Å². The van der Waals surface area contributed by atoms with Crippen molar-refractivity contribution in [2.75, 3.05) is 0 Å². The fourth-order valence-corrected chi connectivity index (χ4v) is 0.577. The van der Waals surface area contributed by atoms with Gasteiger partial charge >= 0.3 is 18.9 Å². The third kappa shape index (κ3) is 12.8. The molecule has 0 aliphatic carbocycles. The van der Waals surface area contributed by atoms with Gasteiger partial charge in [0.15, 0.2) is 0 Å². The van der Waals surface area contributed by atoms with Crippen LogP contribution in [0.4, 0.5) is 0 Å². The summed E-state index contributed by atoms with van der Waals surface area (Å²) >= 11 is 0. The first-order chi connectivity index (χ1) is 4.91.